The Morgan fingerprint density at radius 2 is 1.58 bits per heavy atom. The van der Waals surface area contributed by atoms with Crippen molar-refractivity contribution < 1.29 is 37.0 Å². The summed E-state index contributed by atoms with van der Waals surface area (Å²) in [5, 5.41) is 4.14. The molecule has 2 aliphatic rings. The molecule has 36 heavy (non-hydrogen) atoms. The van der Waals surface area contributed by atoms with Crippen molar-refractivity contribution in [2.45, 2.75) is 55.6 Å². The first-order chi connectivity index (χ1) is 17.2. The molecule has 9 heteroatoms. The van der Waals surface area contributed by atoms with Crippen molar-refractivity contribution in [1.82, 2.24) is 0 Å². The highest BCUT2D eigenvalue weighted by Gasteiger charge is 2.70. The third-order valence-corrected chi connectivity index (χ3v) is 6.67. The first-order valence-electron chi connectivity index (χ1n) is 11.6. The molecule has 0 N–H and O–H groups in total. The average molecular weight is 506 g/mol. The monoisotopic (exact) mass is 505 g/mol. The van der Waals surface area contributed by atoms with Crippen LogP contribution in [0.25, 0.3) is 12.2 Å². The second kappa shape index (κ2) is 10.7. The molecule has 2 aromatic rings. The second-order valence-corrected chi connectivity index (χ2v) is 8.99. The van der Waals surface area contributed by atoms with Gasteiger partial charge < -0.3 is 23.8 Å². The average Bonchev–Trinajstić information content (AvgIpc) is 3.54. The molecule has 0 aromatic heterocycles. The quantitative estimate of drug-likeness (QED) is 0.280. The van der Waals surface area contributed by atoms with Gasteiger partial charge in [-0.05, 0) is 35.7 Å². The molecule has 6 atom stereocenters. The van der Waals surface area contributed by atoms with E-state index in [2.05, 4.69) is 5.16 Å². The standard InChI is InChI=1S/C27H30F3NO5/c1-17-23(32-2)24(33-3)25(34-4)26(35-17)15-22(26)36-31-16-20-12-9-18(10-13-20)8-11-19-6-5-7-21(14-19)27(28,29)30/h5-14,16-17,22-25H,15H2,1-4H3/b11-8+,31-16+/t17-,22?,23-,24+,25+,26?/m0/s1. The summed E-state index contributed by atoms with van der Waals surface area (Å²) in [6, 6.07) is 12.6. The second-order valence-electron chi connectivity index (χ2n) is 8.99. The van der Waals surface area contributed by atoms with Crippen LogP contribution in [0.2, 0.25) is 0 Å². The van der Waals surface area contributed by atoms with Gasteiger partial charge in [-0.3, -0.25) is 0 Å². The smallest absolute Gasteiger partial charge is 0.389 e. The molecule has 4 rings (SSSR count). The summed E-state index contributed by atoms with van der Waals surface area (Å²) in [5.74, 6) is 0. The van der Waals surface area contributed by atoms with Crippen LogP contribution in [0, 0.1) is 0 Å². The fourth-order valence-corrected chi connectivity index (χ4v) is 4.76. The van der Waals surface area contributed by atoms with Gasteiger partial charge in [0.15, 0.2) is 6.10 Å². The lowest BCUT2D eigenvalue weighted by molar-refractivity contribution is -0.257. The Kier molecular flexibility index (Phi) is 7.85. The molecule has 2 fully saturated rings. The molecule has 0 amide bonds. The van der Waals surface area contributed by atoms with Gasteiger partial charge in [0.05, 0.1) is 17.9 Å². The Balaban J connectivity index is 1.35. The van der Waals surface area contributed by atoms with Gasteiger partial charge in [-0.1, -0.05) is 53.7 Å². The summed E-state index contributed by atoms with van der Waals surface area (Å²) in [6.45, 7) is 1.94. The van der Waals surface area contributed by atoms with Crippen molar-refractivity contribution in [1.29, 1.82) is 0 Å². The number of rotatable bonds is 8. The predicted octanol–water partition coefficient (Wildman–Crippen LogP) is 5.20. The van der Waals surface area contributed by atoms with Crippen molar-refractivity contribution in [3.8, 4) is 0 Å². The van der Waals surface area contributed by atoms with Gasteiger partial charge in [-0.15, -0.1) is 0 Å². The van der Waals surface area contributed by atoms with Crippen LogP contribution >= 0.6 is 0 Å². The maximum atomic E-state index is 12.9. The zero-order valence-corrected chi connectivity index (χ0v) is 20.6. The topological polar surface area (TPSA) is 58.5 Å². The lowest BCUT2D eigenvalue weighted by Crippen LogP contribution is -2.61. The predicted molar refractivity (Wildman–Crippen MR) is 130 cm³/mol. The zero-order chi connectivity index (χ0) is 25.9. The maximum absolute atomic E-state index is 12.9. The molecule has 0 radical (unpaired) electrons. The van der Waals surface area contributed by atoms with Crippen molar-refractivity contribution >= 4 is 18.4 Å². The normalized spacial score (nSPS) is 30.4. The first-order valence-corrected chi connectivity index (χ1v) is 11.6. The minimum atomic E-state index is -4.36. The molecule has 2 unspecified atom stereocenters. The molecule has 1 aliphatic carbocycles. The van der Waals surface area contributed by atoms with Crippen LogP contribution in [0.1, 0.15) is 35.6 Å². The van der Waals surface area contributed by atoms with E-state index in [1.54, 1.807) is 45.8 Å². The number of methoxy groups -OCH3 is 3. The van der Waals surface area contributed by atoms with E-state index in [1.165, 1.54) is 6.07 Å². The summed E-state index contributed by atoms with van der Waals surface area (Å²) >= 11 is 0. The third kappa shape index (κ3) is 5.49. The van der Waals surface area contributed by atoms with E-state index >= 15 is 0 Å². The highest BCUT2D eigenvalue weighted by atomic mass is 19.4. The lowest BCUT2D eigenvalue weighted by atomic mass is 9.93. The van der Waals surface area contributed by atoms with Crippen LogP contribution in [0.15, 0.2) is 53.7 Å². The molecule has 194 valence electrons. The minimum Gasteiger partial charge on any atom is -0.389 e. The Labute approximate surface area is 208 Å². The number of benzene rings is 2. The molecule has 1 spiro atoms. The Hall–Kier alpha value is -2.72. The Morgan fingerprint density at radius 1 is 0.917 bits per heavy atom. The lowest BCUT2D eigenvalue weighted by Gasteiger charge is -2.44. The number of halogens is 3. The number of alkyl halides is 3. The molecule has 1 aliphatic heterocycles. The van der Waals surface area contributed by atoms with E-state index in [0.717, 1.165) is 23.3 Å². The largest absolute Gasteiger partial charge is 0.416 e. The molecule has 1 saturated heterocycles. The van der Waals surface area contributed by atoms with Gasteiger partial charge in [-0.25, -0.2) is 0 Å². The maximum Gasteiger partial charge on any atom is 0.416 e. The van der Waals surface area contributed by atoms with Crippen LogP contribution in [-0.4, -0.2) is 63.7 Å². The van der Waals surface area contributed by atoms with E-state index < -0.39 is 17.3 Å². The molecule has 1 heterocycles. The van der Waals surface area contributed by atoms with Gasteiger partial charge in [-0.2, -0.15) is 13.2 Å². The summed E-state index contributed by atoms with van der Waals surface area (Å²) in [7, 11) is 4.87. The molecular weight excluding hydrogens is 475 g/mol. The number of oxime groups is 1. The van der Waals surface area contributed by atoms with Crippen LogP contribution < -0.4 is 0 Å². The molecule has 6 nitrogen and oxygen atoms in total. The molecule has 2 aromatic carbocycles. The Bertz CT molecular complexity index is 1090. The van der Waals surface area contributed by atoms with E-state index in [0.29, 0.717) is 12.0 Å². The summed E-state index contributed by atoms with van der Waals surface area (Å²) in [5.41, 5.74) is 0.825. The first kappa shape index (κ1) is 26.3. The zero-order valence-electron chi connectivity index (χ0n) is 20.6. The fraction of sp³-hybridized carbons (Fsp3) is 0.444. The van der Waals surface area contributed by atoms with Gasteiger partial charge in [0, 0.05) is 27.8 Å². The van der Waals surface area contributed by atoms with Gasteiger partial charge in [0.25, 0.3) is 0 Å². The Morgan fingerprint density at radius 3 is 2.22 bits per heavy atom. The van der Waals surface area contributed by atoms with Gasteiger partial charge in [0.1, 0.15) is 23.9 Å². The number of hydrogen-bond donors (Lipinski definition) is 0. The minimum absolute atomic E-state index is 0.194. The SMILES string of the molecule is CO[C@@H]1[C@@H](OC)[C@@H](OC)C2(CC2O/N=C/c2ccc(/C=C/c3cccc(C(F)(F)F)c3)cc2)O[C@H]1C. The highest BCUT2D eigenvalue weighted by Crippen LogP contribution is 2.52. The molecule has 1 saturated carbocycles. The fourth-order valence-electron chi connectivity index (χ4n) is 4.76. The van der Waals surface area contributed by atoms with E-state index in [1.807, 2.05) is 31.2 Å². The van der Waals surface area contributed by atoms with E-state index in [-0.39, 0.29) is 30.5 Å². The van der Waals surface area contributed by atoms with Gasteiger partial charge in [0.2, 0.25) is 0 Å². The number of hydrogen-bond acceptors (Lipinski definition) is 6. The third-order valence-electron chi connectivity index (χ3n) is 6.67. The van der Waals surface area contributed by atoms with Crippen LogP contribution in [0.3, 0.4) is 0 Å². The van der Waals surface area contributed by atoms with Gasteiger partial charge >= 0.3 is 6.18 Å². The summed E-state index contributed by atoms with van der Waals surface area (Å²) in [4.78, 5) is 5.73. The van der Waals surface area contributed by atoms with E-state index in [9.17, 15) is 13.2 Å². The van der Waals surface area contributed by atoms with Crippen LogP contribution in [0.4, 0.5) is 13.2 Å². The summed E-state index contributed by atoms with van der Waals surface area (Å²) < 4.78 is 61.8. The number of ether oxygens (including phenoxy) is 4. The van der Waals surface area contributed by atoms with E-state index in [4.69, 9.17) is 23.8 Å². The summed E-state index contributed by atoms with van der Waals surface area (Å²) in [6.07, 6.45) is -0.0987. The molecular formula is C27H30F3NO5. The van der Waals surface area contributed by atoms with Crippen LogP contribution in [0.5, 0.6) is 0 Å². The van der Waals surface area contributed by atoms with Crippen molar-refractivity contribution in [3.05, 3.63) is 70.8 Å². The van der Waals surface area contributed by atoms with Crippen LogP contribution in [-0.2, 0) is 30.0 Å². The molecule has 0 bridgehead atoms. The van der Waals surface area contributed by atoms with Crippen molar-refractivity contribution in [2.24, 2.45) is 5.16 Å². The van der Waals surface area contributed by atoms with Crippen molar-refractivity contribution in [2.75, 3.05) is 21.3 Å². The highest BCUT2D eigenvalue weighted by molar-refractivity contribution is 5.80. The van der Waals surface area contributed by atoms with Crippen molar-refractivity contribution in [3.63, 3.8) is 0 Å². The number of nitrogens with zero attached hydrogens (tertiary/aromatic N) is 1.